The maximum Gasteiger partial charge on any atom is 0.335 e. The van der Waals surface area contributed by atoms with Crippen LogP contribution in [0.25, 0.3) is 0 Å². The van der Waals surface area contributed by atoms with E-state index in [-0.39, 0.29) is 17.5 Å². The molecule has 1 fully saturated rings. The summed E-state index contributed by atoms with van der Waals surface area (Å²) in [5, 5.41) is 19.3. The topological polar surface area (TPSA) is 74.6 Å². The van der Waals surface area contributed by atoms with Gasteiger partial charge in [-0.05, 0) is 79.5 Å². The molecular weight excluding hydrogens is 376 g/mol. The molecule has 4 nitrogen and oxygen atoms in total. The van der Waals surface area contributed by atoms with E-state index in [0.717, 1.165) is 37.5 Å². The Bertz CT molecular complexity index is 877. The molecule has 0 aliphatic heterocycles. The summed E-state index contributed by atoms with van der Waals surface area (Å²) < 4.78 is 0. The first-order valence-corrected chi connectivity index (χ1v) is 11.1. The van der Waals surface area contributed by atoms with E-state index in [9.17, 15) is 14.7 Å². The number of ketones is 1. The highest BCUT2D eigenvalue weighted by atomic mass is 16.4. The Morgan fingerprint density at radius 2 is 1.57 bits per heavy atom. The summed E-state index contributed by atoms with van der Waals surface area (Å²) in [5.41, 5.74) is 3.76. The first-order chi connectivity index (χ1) is 14.5. The first kappa shape index (κ1) is 20.8. The van der Waals surface area contributed by atoms with Gasteiger partial charge in [-0.1, -0.05) is 42.8 Å². The van der Waals surface area contributed by atoms with E-state index in [0.29, 0.717) is 17.9 Å². The lowest BCUT2D eigenvalue weighted by Gasteiger charge is -2.12. The number of carboxylic acids is 1. The van der Waals surface area contributed by atoms with Gasteiger partial charge in [-0.15, -0.1) is 0 Å². The molecule has 0 saturated heterocycles. The number of aromatic carboxylic acids is 1. The quantitative estimate of drug-likeness (QED) is 0.433. The third-order valence-electron chi connectivity index (χ3n) is 6.89. The predicted molar refractivity (Wildman–Crippen MR) is 116 cm³/mol. The molecule has 4 heteroatoms. The summed E-state index contributed by atoms with van der Waals surface area (Å²) in [6, 6.07) is 14.9. The van der Waals surface area contributed by atoms with E-state index in [1.54, 1.807) is 12.1 Å². The predicted octanol–water partition coefficient (Wildman–Crippen LogP) is 4.93. The standard InChI is InChI=1S/C26H30O4/c27-23(7-3-4-8-25(28)17-9-11-18(12-10-17)26(29)30)15-22-16-24(22)21-13-19-5-1-2-6-20(19)14-21/h1-2,5-6,9-12,21-24,27H,3-4,7-8,13-16H2,(H,29,30). The minimum absolute atomic E-state index is 0.0319. The lowest BCUT2D eigenvalue weighted by molar-refractivity contribution is 0.0696. The Hall–Kier alpha value is -2.46. The highest BCUT2D eigenvalue weighted by Gasteiger charge is 2.44. The van der Waals surface area contributed by atoms with Gasteiger partial charge >= 0.3 is 5.97 Å². The fourth-order valence-electron chi connectivity index (χ4n) is 5.09. The van der Waals surface area contributed by atoms with Crippen LogP contribution in [0.2, 0.25) is 0 Å². The number of unbranched alkanes of at least 4 members (excludes halogenated alkanes) is 1. The van der Waals surface area contributed by atoms with E-state index >= 15 is 0 Å². The second-order valence-electron chi connectivity index (χ2n) is 9.04. The highest BCUT2D eigenvalue weighted by Crippen LogP contribution is 2.51. The minimum atomic E-state index is -0.988. The number of aliphatic hydroxyl groups is 1. The molecule has 2 N–H and O–H groups in total. The van der Waals surface area contributed by atoms with Crippen molar-refractivity contribution >= 4 is 11.8 Å². The Labute approximate surface area is 177 Å². The molecule has 3 unspecified atom stereocenters. The summed E-state index contributed by atoms with van der Waals surface area (Å²) in [6.45, 7) is 0. The van der Waals surface area contributed by atoms with Gasteiger partial charge in [-0.2, -0.15) is 0 Å². The minimum Gasteiger partial charge on any atom is -0.478 e. The molecule has 0 heterocycles. The molecule has 3 atom stereocenters. The van der Waals surface area contributed by atoms with Crippen LogP contribution in [-0.2, 0) is 12.8 Å². The number of Topliss-reactive ketones (excluding diaryl/α,β-unsaturated/α-hetero) is 1. The average Bonchev–Trinajstić information content (AvgIpc) is 3.37. The number of carbonyl (C=O) groups excluding carboxylic acids is 1. The summed E-state index contributed by atoms with van der Waals surface area (Å²) >= 11 is 0. The second kappa shape index (κ2) is 9.13. The molecule has 0 aromatic heterocycles. The van der Waals surface area contributed by atoms with Gasteiger partial charge in [0.05, 0.1) is 11.7 Å². The van der Waals surface area contributed by atoms with Crippen molar-refractivity contribution in [3.05, 3.63) is 70.8 Å². The lowest BCUT2D eigenvalue weighted by atomic mass is 9.96. The van der Waals surface area contributed by atoms with E-state index in [1.165, 1.54) is 42.5 Å². The first-order valence-electron chi connectivity index (χ1n) is 11.1. The monoisotopic (exact) mass is 406 g/mol. The van der Waals surface area contributed by atoms with Gasteiger partial charge in [0.2, 0.25) is 0 Å². The number of fused-ring (bicyclic) bond motifs is 1. The zero-order valence-corrected chi connectivity index (χ0v) is 17.3. The zero-order chi connectivity index (χ0) is 21.1. The van der Waals surface area contributed by atoms with Crippen LogP contribution in [0.1, 0.15) is 70.4 Å². The third kappa shape index (κ3) is 4.99. The van der Waals surface area contributed by atoms with Gasteiger partial charge in [-0.25, -0.2) is 4.79 Å². The summed E-state index contributed by atoms with van der Waals surface area (Å²) in [5.74, 6) is 1.23. The Balaban J connectivity index is 1.12. The molecule has 2 aliphatic carbocycles. The normalized spacial score (nSPS) is 21.2. The smallest absolute Gasteiger partial charge is 0.335 e. The van der Waals surface area contributed by atoms with Crippen molar-refractivity contribution in [3.8, 4) is 0 Å². The number of aliphatic hydroxyl groups excluding tert-OH is 1. The van der Waals surface area contributed by atoms with Crippen LogP contribution >= 0.6 is 0 Å². The molecule has 4 rings (SSSR count). The van der Waals surface area contributed by atoms with E-state index < -0.39 is 5.97 Å². The van der Waals surface area contributed by atoms with E-state index in [4.69, 9.17) is 5.11 Å². The van der Waals surface area contributed by atoms with Crippen molar-refractivity contribution in [2.45, 2.75) is 57.5 Å². The lowest BCUT2D eigenvalue weighted by Crippen LogP contribution is -2.11. The number of benzene rings is 2. The van der Waals surface area contributed by atoms with Crippen molar-refractivity contribution in [2.75, 3.05) is 0 Å². The molecule has 30 heavy (non-hydrogen) atoms. The molecule has 0 bridgehead atoms. The molecule has 2 aromatic rings. The summed E-state index contributed by atoms with van der Waals surface area (Å²) in [7, 11) is 0. The van der Waals surface area contributed by atoms with Gasteiger partial charge in [0.1, 0.15) is 0 Å². The fourth-order valence-corrected chi connectivity index (χ4v) is 5.09. The molecule has 0 spiro atoms. The molecule has 0 radical (unpaired) electrons. The highest BCUT2D eigenvalue weighted by molar-refractivity contribution is 5.97. The molecule has 2 aliphatic rings. The number of hydrogen-bond donors (Lipinski definition) is 2. The van der Waals surface area contributed by atoms with Gasteiger partial charge in [0, 0.05) is 12.0 Å². The molecule has 1 saturated carbocycles. The maximum absolute atomic E-state index is 12.2. The molecular formula is C26H30O4. The van der Waals surface area contributed by atoms with Crippen LogP contribution in [0.3, 0.4) is 0 Å². The fraction of sp³-hybridized carbons (Fsp3) is 0.462. The van der Waals surface area contributed by atoms with Crippen molar-refractivity contribution in [3.63, 3.8) is 0 Å². The summed E-state index contributed by atoms with van der Waals surface area (Å²) in [4.78, 5) is 23.1. The summed E-state index contributed by atoms with van der Waals surface area (Å²) in [6.07, 6.45) is 7.04. The van der Waals surface area contributed by atoms with Crippen LogP contribution in [0.5, 0.6) is 0 Å². The van der Waals surface area contributed by atoms with Gasteiger partial charge < -0.3 is 10.2 Å². The SMILES string of the molecule is O=C(O)c1ccc(C(=O)CCCCC(O)CC2CC2C2Cc3ccccc3C2)cc1. The van der Waals surface area contributed by atoms with Crippen molar-refractivity contribution < 1.29 is 19.8 Å². The molecule has 158 valence electrons. The third-order valence-corrected chi connectivity index (χ3v) is 6.89. The van der Waals surface area contributed by atoms with Gasteiger partial charge in [0.25, 0.3) is 0 Å². The Kier molecular flexibility index (Phi) is 6.33. The van der Waals surface area contributed by atoms with Crippen LogP contribution in [0.4, 0.5) is 0 Å². The average molecular weight is 407 g/mol. The maximum atomic E-state index is 12.2. The Morgan fingerprint density at radius 1 is 0.933 bits per heavy atom. The number of hydrogen-bond acceptors (Lipinski definition) is 3. The van der Waals surface area contributed by atoms with Crippen molar-refractivity contribution in [2.24, 2.45) is 17.8 Å². The second-order valence-corrected chi connectivity index (χ2v) is 9.04. The van der Waals surface area contributed by atoms with Crippen LogP contribution < -0.4 is 0 Å². The number of carboxylic acid groups (broad SMARTS) is 1. The van der Waals surface area contributed by atoms with E-state index in [2.05, 4.69) is 24.3 Å². The van der Waals surface area contributed by atoms with Crippen LogP contribution in [0.15, 0.2) is 48.5 Å². The molecule has 2 aromatic carbocycles. The van der Waals surface area contributed by atoms with Gasteiger partial charge in [-0.3, -0.25) is 4.79 Å². The molecule has 0 amide bonds. The number of carbonyl (C=O) groups is 2. The Morgan fingerprint density at radius 3 is 2.20 bits per heavy atom. The van der Waals surface area contributed by atoms with E-state index in [1.807, 2.05) is 0 Å². The van der Waals surface area contributed by atoms with Crippen molar-refractivity contribution in [1.29, 1.82) is 0 Å². The van der Waals surface area contributed by atoms with Crippen LogP contribution in [-0.4, -0.2) is 28.1 Å². The van der Waals surface area contributed by atoms with Crippen molar-refractivity contribution in [1.82, 2.24) is 0 Å². The van der Waals surface area contributed by atoms with Gasteiger partial charge in [0.15, 0.2) is 5.78 Å². The number of rotatable bonds is 10. The largest absolute Gasteiger partial charge is 0.478 e. The van der Waals surface area contributed by atoms with Crippen LogP contribution in [0, 0.1) is 17.8 Å². The zero-order valence-electron chi connectivity index (χ0n) is 17.3.